The number of guanidine groups is 1. The third-order valence-electron chi connectivity index (χ3n) is 4.36. The fourth-order valence-corrected chi connectivity index (χ4v) is 4.34. The van der Waals surface area contributed by atoms with Crippen LogP contribution in [0.25, 0.3) is 26.5 Å². The maximum atomic E-state index is 12.4. The second-order valence-corrected chi connectivity index (χ2v) is 7.83. The Morgan fingerprint density at radius 1 is 1.00 bits per heavy atom. The van der Waals surface area contributed by atoms with E-state index in [0.717, 1.165) is 31.7 Å². The number of carbonyl (C=O) groups is 1. The summed E-state index contributed by atoms with van der Waals surface area (Å²) in [7, 11) is 1.88. The van der Waals surface area contributed by atoms with Crippen LogP contribution in [0.1, 0.15) is 5.56 Å². The van der Waals surface area contributed by atoms with E-state index in [4.69, 9.17) is 0 Å². The lowest BCUT2D eigenvalue weighted by molar-refractivity contribution is -0.115. The Kier molecular flexibility index (Phi) is 3.73. The number of carbonyl (C=O) groups excluding carboxylic acids is 1. The van der Waals surface area contributed by atoms with Crippen LogP contribution in [-0.4, -0.2) is 28.9 Å². The molecular weight excluding hydrogens is 378 g/mol. The van der Waals surface area contributed by atoms with Crippen LogP contribution in [-0.2, 0) is 4.79 Å². The molecule has 0 spiro atoms. The summed E-state index contributed by atoms with van der Waals surface area (Å²) in [5, 5.41) is 2.84. The minimum absolute atomic E-state index is 0.208. The summed E-state index contributed by atoms with van der Waals surface area (Å²) in [6.45, 7) is 0. The number of amides is 1. The van der Waals surface area contributed by atoms with Crippen molar-refractivity contribution in [2.24, 2.45) is 4.99 Å². The first-order chi connectivity index (χ1) is 13.2. The quantitative estimate of drug-likeness (QED) is 0.527. The molecule has 0 unspecified atom stereocenters. The molecule has 8 heteroatoms. The molecule has 0 bridgehead atoms. The summed E-state index contributed by atoms with van der Waals surface area (Å²) in [5.41, 5.74) is 7.82. The molecule has 0 fully saturated rings. The monoisotopic (exact) mass is 391 g/mol. The predicted octanol–water partition coefficient (Wildman–Crippen LogP) is 3.87. The van der Waals surface area contributed by atoms with Gasteiger partial charge < -0.3 is 4.90 Å². The topological polar surface area (TPSA) is 70.5 Å². The molecule has 5 rings (SSSR count). The van der Waals surface area contributed by atoms with Crippen LogP contribution >= 0.6 is 22.7 Å². The second-order valence-electron chi connectivity index (χ2n) is 6.06. The number of thiazole rings is 2. The first kappa shape index (κ1) is 16.1. The number of hydrogen-bond donors (Lipinski definition) is 1. The number of nitrogens with one attached hydrogen (secondary N) is 1. The molecule has 1 amide bonds. The van der Waals surface area contributed by atoms with Crippen molar-refractivity contribution in [1.82, 2.24) is 15.3 Å². The van der Waals surface area contributed by atoms with E-state index in [1.54, 1.807) is 28.7 Å². The number of nitrogens with zero attached hydrogens (tertiary/aromatic N) is 4. The highest BCUT2D eigenvalue weighted by molar-refractivity contribution is 7.17. The van der Waals surface area contributed by atoms with Crippen LogP contribution < -0.4 is 10.2 Å². The van der Waals surface area contributed by atoms with Gasteiger partial charge in [-0.05, 0) is 42.0 Å². The van der Waals surface area contributed by atoms with E-state index in [2.05, 4.69) is 20.3 Å². The van der Waals surface area contributed by atoms with E-state index >= 15 is 0 Å². The van der Waals surface area contributed by atoms with Crippen LogP contribution in [0.15, 0.2) is 58.1 Å². The van der Waals surface area contributed by atoms with Crippen molar-refractivity contribution < 1.29 is 4.79 Å². The SMILES string of the molecule is CN(C1=NC(=Cc2ccc3ncsc3c2)C(=O)N1)c1ccc2ncsc2c1. The molecule has 1 aliphatic heterocycles. The second kappa shape index (κ2) is 6.26. The van der Waals surface area contributed by atoms with Crippen molar-refractivity contribution in [2.45, 2.75) is 0 Å². The lowest BCUT2D eigenvalue weighted by Crippen LogP contribution is -2.37. The molecular formula is C19H13N5OS2. The van der Waals surface area contributed by atoms with Crippen LogP contribution in [0.2, 0.25) is 0 Å². The third kappa shape index (κ3) is 2.88. The number of rotatable bonds is 2. The number of anilines is 1. The van der Waals surface area contributed by atoms with Crippen molar-refractivity contribution >= 4 is 66.7 Å². The molecule has 0 saturated heterocycles. The number of fused-ring (bicyclic) bond motifs is 2. The van der Waals surface area contributed by atoms with Gasteiger partial charge in [-0.25, -0.2) is 15.0 Å². The van der Waals surface area contributed by atoms with Gasteiger partial charge in [-0.2, -0.15) is 0 Å². The van der Waals surface area contributed by atoms with Crippen molar-refractivity contribution in [1.29, 1.82) is 0 Å². The summed E-state index contributed by atoms with van der Waals surface area (Å²) in [4.78, 5) is 27.3. The van der Waals surface area contributed by atoms with E-state index in [9.17, 15) is 4.79 Å². The van der Waals surface area contributed by atoms with E-state index in [-0.39, 0.29) is 5.91 Å². The lowest BCUT2D eigenvalue weighted by atomic mass is 10.2. The molecule has 0 radical (unpaired) electrons. The first-order valence-corrected chi connectivity index (χ1v) is 9.95. The Labute approximate surface area is 162 Å². The minimum Gasteiger partial charge on any atom is -0.315 e. The van der Waals surface area contributed by atoms with Gasteiger partial charge in [0.2, 0.25) is 5.96 Å². The zero-order valence-electron chi connectivity index (χ0n) is 14.2. The Morgan fingerprint density at radius 3 is 2.48 bits per heavy atom. The van der Waals surface area contributed by atoms with Crippen molar-refractivity contribution in [3.05, 3.63) is 58.7 Å². The molecule has 0 aliphatic carbocycles. The highest BCUT2D eigenvalue weighted by Crippen LogP contribution is 2.25. The van der Waals surface area contributed by atoms with Gasteiger partial charge in [0.05, 0.1) is 31.5 Å². The van der Waals surface area contributed by atoms with Gasteiger partial charge in [-0.15, -0.1) is 22.7 Å². The van der Waals surface area contributed by atoms with Gasteiger partial charge in [-0.1, -0.05) is 6.07 Å². The Hall–Kier alpha value is -3.10. The first-order valence-electron chi connectivity index (χ1n) is 8.19. The van der Waals surface area contributed by atoms with Crippen LogP contribution in [0.3, 0.4) is 0 Å². The van der Waals surface area contributed by atoms with E-state index in [1.165, 1.54) is 0 Å². The fourth-order valence-electron chi connectivity index (χ4n) is 2.91. The maximum Gasteiger partial charge on any atom is 0.276 e. The summed E-state index contributed by atoms with van der Waals surface area (Å²) in [6, 6.07) is 11.9. The zero-order valence-corrected chi connectivity index (χ0v) is 15.8. The third-order valence-corrected chi connectivity index (χ3v) is 5.95. The predicted molar refractivity (Wildman–Crippen MR) is 111 cm³/mol. The zero-order chi connectivity index (χ0) is 18.4. The molecule has 27 heavy (non-hydrogen) atoms. The summed E-state index contributed by atoms with van der Waals surface area (Å²) < 4.78 is 2.18. The summed E-state index contributed by atoms with van der Waals surface area (Å²) in [5.74, 6) is 0.300. The molecule has 6 nitrogen and oxygen atoms in total. The molecule has 132 valence electrons. The van der Waals surface area contributed by atoms with Gasteiger partial charge in [-0.3, -0.25) is 10.1 Å². The Balaban J connectivity index is 1.47. The number of aliphatic imine (C=N–C) groups is 1. The average Bonchev–Trinajstić information content (AvgIpc) is 3.40. The van der Waals surface area contributed by atoms with Crippen molar-refractivity contribution in [3.63, 3.8) is 0 Å². The molecule has 4 aromatic rings. The van der Waals surface area contributed by atoms with Gasteiger partial charge in [0.1, 0.15) is 5.70 Å². The largest absolute Gasteiger partial charge is 0.315 e. The smallest absolute Gasteiger partial charge is 0.276 e. The van der Waals surface area contributed by atoms with E-state index in [1.807, 2.05) is 59.4 Å². The lowest BCUT2D eigenvalue weighted by Gasteiger charge is -2.18. The van der Waals surface area contributed by atoms with Crippen LogP contribution in [0.4, 0.5) is 5.69 Å². The summed E-state index contributed by atoms with van der Waals surface area (Å²) in [6.07, 6.45) is 1.79. The number of aromatic nitrogens is 2. The van der Waals surface area contributed by atoms with Crippen molar-refractivity contribution in [3.8, 4) is 0 Å². The molecule has 2 aromatic carbocycles. The number of benzene rings is 2. The molecule has 0 saturated carbocycles. The normalized spacial score (nSPS) is 15.5. The molecule has 0 atom stereocenters. The van der Waals surface area contributed by atoms with Gasteiger partial charge in [0.25, 0.3) is 5.91 Å². The van der Waals surface area contributed by atoms with Crippen molar-refractivity contribution in [2.75, 3.05) is 11.9 Å². The number of hydrogen-bond acceptors (Lipinski definition) is 7. The molecule has 2 aromatic heterocycles. The van der Waals surface area contributed by atoms with Crippen LogP contribution in [0, 0.1) is 0 Å². The molecule has 3 heterocycles. The highest BCUT2D eigenvalue weighted by atomic mass is 32.1. The van der Waals surface area contributed by atoms with Crippen LogP contribution in [0.5, 0.6) is 0 Å². The fraction of sp³-hybridized carbons (Fsp3) is 0.0526. The Bertz CT molecular complexity index is 1250. The van der Waals surface area contributed by atoms with Gasteiger partial charge >= 0.3 is 0 Å². The molecule has 1 aliphatic rings. The summed E-state index contributed by atoms with van der Waals surface area (Å²) >= 11 is 3.16. The van der Waals surface area contributed by atoms with Gasteiger partial charge in [0.15, 0.2) is 0 Å². The average molecular weight is 391 g/mol. The highest BCUT2D eigenvalue weighted by Gasteiger charge is 2.23. The standard InChI is InChI=1S/C19H13N5OS2/c1-24(12-3-5-14-17(8-12)27-10-21-14)19-22-15(18(25)23-19)6-11-2-4-13-16(7-11)26-9-20-13/h2-10H,1H3,(H,22,23,25). The maximum absolute atomic E-state index is 12.4. The van der Waals surface area contributed by atoms with E-state index < -0.39 is 0 Å². The Morgan fingerprint density at radius 2 is 1.70 bits per heavy atom. The minimum atomic E-state index is -0.208. The molecule has 1 N–H and O–H groups in total. The van der Waals surface area contributed by atoms with E-state index in [0.29, 0.717) is 11.7 Å². The van der Waals surface area contributed by atoms with Gasteiger partial charge in [0, 0.05) is 12.7 Å².